The molecule has 1 aromatic carbocycles. The van der Waals surface area contributed by atoms with Crippen molar-refractivity contribution in [2.24, 2.45) is 5.84 Å². The molecule has 1 aliphatic rings. The summed E-state index contributed by atoms with van der Waals surface area (Å²) in [5, 5.41) is 0. The van der Waals surface area contributed by atoms with E-state index in [9.17, 15) is 0 Å². The Bertz CT molecular complexity index is 517. The minimum absolute atomic E-state index is 0.194. The van der Waals surface area contributed by atoms with Crippen LogP contribution in [0.4, 0.5) is 0 Å². The Morgan fingerprint density at radius 3 is 2.43 bits per heavy atom. The summed E-state index contributed by atoms with van der Waals surface area (Å²) in [4.78, 5) is 0. The molecule has 0 aromatic heterocycles. The lowest BCUT2D eigenvalue weighted by atomic mass is 9.94. The molecule has 1 unspecified atom stereocenters. The van der Waals surface area contributed by atoms with E-state index in [1.807, 2.05) is 12.1 Å². The second-order valence-electron chi connectivity index (χ2n) is 4.69. The van der Waals surface area contributed by atoms with Gasteiger partial charge >= 0.3 is 0 Å². The third-order valence-electron chi connectivity index (χ3n) is 3.55. The smallest absolute Gasteiger partial charge is 0.203 e. The maximum absolute atomic E-state index is 5.75. The fraction of sp³-hybridized carbons (Fsp3) is 0.467. The van der Waals surface area contributed by atoms with Crippen molar-refractivity contribution < 1.29 is 18.9 Å². The third kappa shape index (κ3) is 3.06. The van der Waals surface area contributed by atoms with Crippen molar-refractivity contribution in [3.05, 3.63) is 29.5 Å². The average molecular weight is 294 g/mol. The van der Waals surface area contributed by atoms with Crippen LogP contribution in [-0.4, -0.2) is 27.9 Å². The van der Waals surface area contributed by atoms with Crippen LogP contribution >= 0.6 is 0 Å². The molecule has 0 saturated heterocycles. The van der Waals surface area contributed by atoms with Gasteiger partial charge in [-0.05, 0) is 30.5 Å². The van der Waals surface area contributed by atoms with Crippen molar-refractivity contribution in [1.29, 1.82) is 0 Å². The highest BCUT2D eigenvalue weighted by atomic mass is 16.5. The molecule has 1 aromatic rings. The first-order valence-corrected chi connectivity index (χ1v) is 6.82. The van der Waals surface area contributed by atoms with Gasteiger partial charge in [-0.2, -0.15) is 0 Å². The first-order valence-electron chi connectivity index (χ1n) is 6.82. The Kier molecular flexibility index (Phi) is 5.30. The van der Waals surface area contributed by atoms with Gasteiger partial charge in [0.1, 0.15) is 0 Å². The topological polar surface area (TPSA) is 75.0 Å². The fourth-order valence-corrected chi connectivity index (χ4v) is 2.55. The highest BCUT2D eigenvalue weighted by molar-refractivity contribution is 5.57. The highest BCUT2D eigenvalue weighted by Gasteiger charge is 2.25. The highest BCUT2D eigenvalue weighted by Crippen LogP contribution is 2.44. The lowest BCUT2D eigenvalue weighted by Gasteiger charge is -2.25. The summed E-state index contributed by atoms with van der Waals surface area (Å²) in [5.74, 6) is 7.51. The molecular weight excluding hydrogens is 272 g/mol. The lowest BCUT2D eigenvalue weighted by Crippen LogP contribution is -2.30. The van der Waals surface area contributed by atoms with Crippen molar-refractivity contribution in [1.82, 2.24) is 5.43 Å². The molecule has 0 radical (unpaired) electrons. The van der Waals surface area contributed by atoms with E-state index in [1.54, 1.807) is 27.6 Å². The van der Waals surface area contributed by atoms with Crippen molar-refractivity contribution in [3.63, 3.8) is 0 Å². The first-order chi connectivity index (χ1) is 10.3. The zero-order valence-electron chi connectivity index (χ0n) is 12.6. The van der Waals surface area contributed by atoms with Crippen LogP contribution < -0.4 is 25.5 Å². The molecule has 0 amide bonds. The van der Waals surface area contributed by atoms with Gasteiger partial charge in [0, 0.05) is 5.56 Å². The summed E-state index contributed by atoms with van der Waals surface area (Å²) in [6.07, 6.45) is 3.66. The number of ether oxygens (including phenoxy) is 4. The van der Waals surface area contributed by atoms with Crippen LogP contribution in [0.5, 0.6) is 17.2 Å². The second-order valence-corrected chi connectivity index (χ2v) is 4.69. The van der Waals surface area contributed by atoms with Crippen molar-refractivity contribution in [2.75, 3.05) is 27.9 Å². The predicted molar refractivity (Wildman–Crippen MR) is 79.4 cm³/mol. The van der Waals surface area contributed by atoms with Crippen LogP contribution in [0.3, 0.4) is 0 Å². The van der Waals surface area contributed by atoms with Crippen LogP contribution in [0.15, 0.2) is 24.0 Å². The summed E-state index contributed by atoms with van der Waals surface area (Å²) in [6.45, 7) is 0.740. The van der Waals surface area contributed by atoms with Crippen molar-refractivity contribution in [3.8, 4) is 17.2 Å². The second kappa shape index (κ2) is 7.19. The zero-order chi connectivity index (χ0) is 15.2. The molecule has 116 valence electrons. The zero-order valence-corrected chi connectivity index (χ0v) is 12.6. The van der Waals surface area contributed by atoms with Crippen molar-refractivity contribution >= 4 is 0 Å². The molecule has 1 atom stereocenters. The normalized spacial score (nSPS) is 15.7. The quantitative estimate of drug-likeness (QED) is 0.616. The van der Waals surface area contributed by atoms with Gasteiger partial charge in [0.15, 0.2) is 11.5 Å². The molecule has 1 aliphatic heterocycles. The maximum Gasteiger partial charge on any atom is 0.203 e. The van der Waals surface area contributed by atoms with E-state index in [2.05, 4.69) is 5.43 Å². The molecule has 2 rings (SSSR count). The Morgan fingerprint density at radius 1 is 1.14 bits per heavy atom. The fourth-order valence-electron chi connectivity index (χ4n) is 2.55. The molecular formula is C15H22N2O4. The predicted octanol–water partition coefficient (Wildman–Crippen LogP) is 1.91. The maximum atomic E-state index is 5.75. The third-order valence-corrected chi connectivity index (χ3v) is 3.55. The molecule has 0 spiro atoms. The Labute approximate surface area is 124 Å². The number of hydrogen-bond donors (Lipinski definition) is 2. The summed E-state index contributed by atoms with van der Waals surface area (Å²) in [5.41, 5.74) is 4.79. The van der Waals surface area contributed by atoms with E-state index >= 15 is 0 Å². The standard InChI is InChI=1S/C15H22N2O4/c1-18-12-7-6-11(14(19-2)15(12)20-3)13(17-16)10-5-4-8-21-9-10/h6-7,9,13,17H,4-5,8,16H2,1-3H3. The van der Waals surface area contributed by atoms with Gasteiger partial charge < -0.3 is 18.9 Å². The largest absolute Gasteiger partial charge is 0.501 e. The lowest BCUT2D eigenvalue weighted by molar-refractivity contribution is 0.219. The van der Waals surface area contributed by atoms with E-state index in [4.69, 9.17) is 24.8 Å². The number of hydrogen-bond acceptors (Lipinski definition) is 6. The summed E-state index contributed by atoms with van der Waals surface area (Å²) < 4.78 is 21.6. The van der Waals surface area contributed by atoms with E-state index in [0.29, 0.717) is 17.2 Å². The van der Waals surface area contributed by atoms with Gasteiger partial charge in [-0.1, -0.05) is 0 Å². The molecule has 3 N–H and O–H groups in total. The van der Waals surface area contributed by atoms with Gasteiger partial charge in [-0.15, -0.1) is 0 Å². The Morgan fingerprint density at radius 2 is 1.90 bits per heavy atom. The molecule has 6 nitrogen and oxygen atoms in total. The number of nitrogens with one attached hydrogen (secondary N) is 1. The molecule has 0 fully saturated rings. The molecule has 0 aliphatic carbocycles. The van der Waals surface area contributed by atoms with E-state index < -0.39 is 0 Å². The monoisotopic (exact) mass is 294 g/mol. The van der Waals surface area contributed by atoms with Gasteiger partial charge in [0.2, 0.25) is 5.75 Å². The van der Waals surface area contributed by atoms with Gasteiger partial charge in [-0.3, -0.25) is 5.84 Å². The summed E-state index contributed by atoms with van der Waals surface area (Å²) in [7, 11) is 4.77. The number of rotatable bonds is 6. The number of methoxy groups -OCH3 is 3. The number of nitrogens with two attached hydrogens (primary N) is 1. The first kappa shape index (κ1) is 15.5. The molecule has 1 heterocycles. The van der Waals surface area contributed by atoms with E-state index in [0.717, 1.165) is 30.6 Å². The SMILES string of the molecule is COc1ccc(C(NN)C2=COCCC2)c(OC)c1OC. The van der Waals surface area contributed by atoms with Crippen LogP contribution in [0.2, 0.25) is 0 Å². The van der Waals surface area contributed by atoms with Gasteiger partial charge in [-0.25, -0.2) is 5.43 Å². The minimum atomic E-state index is -0.194. The van der Waals surface area contributed by atoms with Crippen LogP contribution in [0.1, 0.15) is 24.4 Å². The van der Waals surface area contributed by atoms with Gasteiger partial charge in [0.25, 0.3) is 0 Å². The van der Waals surface area contributed by atoms with Gasteiger partial charge in [0.05, 0.1) is 40.2 Å². The van der Waals surface area contributed by atoms with Crippen molar-refractivity contribution in [2.45, 2.75) is 18.9 Å². The number of hydrazine groups is 1. The molecule has 6 heteroatoms. The number of benzene rings is 1. The summed E-state index contributed by atoms with van der Waals surface area (Å²) in [6, 6.07) is 3.56. The Balaban J connectivity index is 2.48. The van der Waals surface area contributed by atoms with Crippen LogP contribution in [0, 0.1) is 0 Å². The van der Waals surface area contributed by atoms with Crippen LogP contribution in [-0.2, 0) is 4.74 Å². The minimum Gasteiger partial charge on any atom is -0.501 e. The van der Waals surface area contributed by atoms with E-state index in [-0.39, 0.29) is 6.04 Å². The molecule has 21 heavy (non-hydrogen) atoms. The average Bonchev–Trinajstić information content (AvgIpc) is 2.55. The summed E-state index contributed by atoms with van der Waals surface area (Å²) >= 11 is 0. The molecule has 0 bridgehead atoms. The Hall–Kier alpha value is -1.92. The van der Waals surface area contributed by atoms with E-state index in [1.165, 1.54) is 0 Å². The van der Waals surface area contributed by atoms with Crippen LogP contribution in [0.25, 0.3) is 0 Å². The molecule has 0 saturated carbocycles.